The SMILES string of the molecule is COC(Oc1ccccc1Oc1cc(-n2c(=O)cc(C(F)(F)F)n(C)c2=O)c(F)cc1C)C(=O)O. The third-order valence-electron chi connectivity index (χ3n) is 4.81. The number of ether oxygens (including phenoxy) is 3. The molecule has 1 N–H and O–H groups in total. The smallest absolute Gasteiger partial charge is 0.431 e. The van der Waals surface area contributed by atoms with Crippen molar-refractivity contribution in [3.05, 3.63) is 80.4 Å². The minimum Gasteiger partial charge on any atom is -0.477 e. The van der Waals surface area contributed by atoms with Gasteiger partial charge in [-0.05, 0) is 30.7 Å². The van der Waals surface area contributed by atoms with E-state index < -0.39 is 46.9 Å². The highest BCUT2D eigenvalue weighted by atomic mass is 19.4. The molecule has 2 aromatic carbocycles. The lowest BCUT2D eigenvalue weighted by molar-refractivity contribution is -0.166. The maximum atomic E-state index is 14.8. The van der Waals surface area contributed by atoms with E-state index in [1.54, 1.807) is 0 Å². The molecule has 0 spiro atoms. The summed E-state index contributed by atoms with van der Waals surface area (Å²) < 4.78 is 70.3. The first-order valence-electron chi connectivity index (χ1n) is 9.75. The summed E-state index contributed by atoms with van der Waals surface area (Å²) in [6.45, 7) is 1.44. The Hall–Kier alpha value is -4.13. The Morgan fingerprint density at radius 1 is 1.06 bits per heavy atom. The molecular formula is C22H18F4N2O7. The van der Waals surface area contributed by atoms with Crippen LogP contribution in [0.5, 0.6) is 17.2 Å². The monoisotopic (exact) mass is 498 g/mol. The zero-order chi connectivity index (χ0) is 26.1. The van der Waals surface area contributed by atoms with Crippen LogP contribution in [0, 0.1) is 12.7 Å². The van der Waals surface area contributed by atoms with Crippen molar-refractivity contribution in [2.75, 3.05) is 7.11 Å². The number of aryl methyl sites for hydroxylation is 1. The molecule has 3 aromatic rings. The molecule has 1 heterocycles. The largest absolute Gasteiger partial charge is 0.477 e. The van der Waals surface area contributed by atoms with Gasteiger partial charge in [0.05, 0.1) is 5.69 Å². The number of hydrogen-bond acceptors (Lipinski definition) is 6. The number of aromatic nitrogens is 2. The normalized spacial score (nSPS) is 12.3. The predicted molar refractivity (Wildman–Crippen MR) is 113 cm³/mol. The lowest BCUT2D eigenvalue weighted by atomic mass is 10.2. The summed E-state index contributed by atoms with van der Waals surface area (Å²) in [4.78, 5) is 36.2. The van der Waals surface area contributed by atoms with E-state index in [2.05, 4.69) is 0 Å². The molecule has 0 saturated heterocycles. The molecule has 0 saturated carbocycles. The van der Waals surface area contributed by atoms with Crippen molar-refractivity contribution in [1.82, 2.24) is 9.13 Å². The highest BCUT2D eigenvalue weighted by Gasteiger charge is 2.35. The van der Waals surface area contributed by atoms with Gasteiger partial charge in [-0.2, -0.15) is 13.2 Å². The van der Waals surface area contributed by atoms with Crippen LogP contribution in [0.1, 0.15) is 11.3 Å². The van der Waals surface area contributed by atoms with Crippen molar-refractivity contribution in [3.8, 4) is 22.9 Å². The first-order valence-corrected chi connectivity index (χ1v) is 9.75. The molecule has 1 atom stereocenters. The maximum Gasteiger partial charge on any atom is 0.431 e. The predicted octanol–water partition coefficient (Wildman–Crippen LogP) is 3.23. The molecule has 0 bridgehead atoms. The number of alkyl halides is 3. The number of rotatable bonds is 7. The Bertz CT molecular complexity index is 1400. The van der Waals surface area contributed by atoms with Gasteiger partial charge in [-0.15, -0.1) is 0 Å². The van der Waals surface area contributed by atoms with Gasteiger partial charge in [0.1, 0.15) is 17.3 Å². The summed E-state index contributed by atoms with van der Waals surface area (Å²) in [6.07, 6.45) is -6.65. The zero-order valence-electron chi connectivity index (χ0n) is 18.4. The van der Waals surface area contributed by atoms with Crippen LogP contribution in [0.3, 0.4) is 0 Å². The van der Waals surface area contributed by atoms with Crippen LogP contribution < -0.4 is 20.7 Å². The molecule has 186 valence electrons. The fraction of sp³-hybridized carbons (Fsp3) is 0.227. The number of benzene rings is 2. The second kappa shape index (κ2) is 9.62. The summed E-state index contributed by atoms with van der Waals surface area (Å²) in [5.74, 6) is -2.65. The van der Waals surface area contributed by atoms with Gasteiger partial charge in [0, 0.05) is 26.3 Å². The number of carbonyl (C=O) groups is 1. The van der Waals surface area contributed by atoms with Gasteiger partial charge >= 0.3 is 17.8 Å². The van der Waals surface area contributed by atoms with Crippen molar-refractivity contribution in [2.24, 2.45) is 7.05 Å². The highest BCUT2D eigenvalue weighted by molar-refractivity contribution is 5.71. The molecule has 0 radical (unpaired) electrons. The quantitative estimate of drug-likeness (QED) is 0.394. The summed E-state index contributed by atoms with van der Waals surface area (Å²) in [6, 6.07) is 7.89. The lowest BCUT2D eigenvalue weighted by Crippen LogP contribution is -2.41. The van der Waals surface area contributed by atoms with E-state index in [9.17, 15) is 31.9 Å². The molecule has 3 rings (SSSR count). The van der Waals surface area contributed by atoms with Crippen LogP contribution in [0.4, 0.5) is 17.6 Å². The first-order chi connectivity index (χ1) is 16.3. The summed E-state index contributed by atoms with van der Waals surface area (Å²) in [5.41, 5.74) is -4.78. The standard InChI is InChI=1S/C22H18F4N2O7/c1-11-8-12(23)13(28-18(29)10-17(22(24,25)26)27(2)21(28)32)9-16(11)34-14-6-4-5-7-15(14)35-20(33-3)19(30)31/h4-10,20H,1-3H3,(H,30,31). The van der Waals surface area contributed by atoms with Crippen molar-refractivity contribution in [1.29, 1.82) is 0 Å². The number of aliphatic carboxylic acids is 1. The maximum absolute atomic E-state index is 14.8. The van der Waals surface area contributed by atoms with Crippen LogP contribution in [-0.4, -0.2) is 33.6 Å². The fourth-order valence-corrected chi connectivity index (χ4v) is 3.11. The van der Waals surface area contributed by atoms with E-state index in [1.807, 2.05) is 0 Å². The number of nitrogens with zero attached hydrogens (tertiary/aromatic N) is 2. The second-order valence-electron chi connectivity index (χ2n) is 7.18. The van der Waals surface area contributed by atoms with Crippen LogP contribution in [-0.2, 0) is 22.8 Å². The van der Waals surface area contributed by atoms with E-state index >= 15 is 0 Å². The Kier molecular flexibility index (Phi) is 7.01. The molecule has 0 aliphatic carbocycles. The van der Waals surface area contributed by atoms with Gasteiger partial charge in [-0.3, -0.25) is 9.36 Å². The van der Waals surface area contributed by atoms with Gasteiger partial charge in [-0.25, -0.2) is 18.5 Å². The van der Waals surface area contributed by atoms with Crippen molar-refractivity contribution in [3.63, 3.8) is 0 Å². The van der Waals surface area contributed by atoms with Crippen LogP contribution >= 0.6 is 0 Å². The Labute approximate surface area is 194 Å². The van der Waals surface area contributed by atoms with E-state index in [1.165, 1.54) is 31.2 Å². The van der Waals surface area contributed by atoms with Crippen molar-refractivity contribution >= 4 is 5.97 Å². The average Bonchev–Trinajstić information content (AvgIpc) is 2.77. The van der Waals surface area contributed by atoms with Crippen molar-refractivity contribution < 1.29 is 41.7 Å². The second-order valence-corrected chi connectivity index (χ2v) is 7.18. The number of halogens is 4. The summed E-state index contributed by atoms with van der Waals surface area (Å²) in [7, 11) is 1.91. The van der Waals surface area contributed by atoms with Crippen LogP contribution in [0.2, 0.25) is 0 Å². The molecule has 0 amide bonds. The van der Waals surface area contributed by atoms with E-state index in [-0.39, 0.29) is 38.0 Å². The van der Waals surface area contributed by atoms with Gasteiger partial charge in [0.15, 0.2) is 11.5 Å². The molecule has 0 fully saturated rings. The molecule has 35 heavy (non-hydrogen) atoms. The third-order valence-corrected chi connectivity index (χ3v) is 4.81. The average molecular weight is 498 g/mol. The van der Waals surface area contributed by atoms with E-state index in [0.29, 0.717) is 0 Å². The first kappa shape index (κ1) is 25.5. The highest BCUT2D eigenvalue weighted by Crippen LogP contribution is 2.35. The van der Waals surface area contributed by atoms with E-state index in [0.717, 1.165) is 26.3 Å². The lowest BCUT2D eigenvalue weighted by Gasteiger charge is -2.18. The van der Waals surface area contributed by atoms with Crippen LogP contribution in [0.15, 0.2) is 52.1 Å². The Balaban J connectivity index is 2.11. The number of hydrogen-bond donors (Lipinski definition) is 1. The number of carboxylic acids is 1. The minimum absolute atomic E-state index is 0.0240. The molecule has 1 aromatic heterocycles. The number of methoxy groups -OCH3 is 1. The molecule has 0 aliphatic heterocycles. The molecule has 1 unspecified atom stereocenters. The molecular weight excluding hydrogens is 480 g/mol. The fourth-order valence-electron chi connectivity index (χ4n) is 3.11. The Morgan fingerprint density at radius 2 is 1.69 bits per heavy atom. The number of carboxylic acid groups (broad SMARTS) is 1. The molecule has 0 aliphatic rings. The van der Waals surface area contributed by atoms with Gasteiger partial charge in [0.2, 0.25) is 0 Å². The zero-order valence-corrected chi connectivity index (χ0v) is 18.4. The number of para-hydroxylation sites is 2. The Morgan fingerprint density at radius 3 is 2.26 bits per heavy atom. The molecule has 9 nitrogen and oxygen atoms in total. The summed E-state index contributed by atoms with van der Waals surface area (Å²) >= 11 is 0. The minimum atomic E-state index is -4.98. The van der Waals surface area contributed by atoms with Gasteiger partial charge in [-0.1, -0.05) is 12.1 Å². The van der Waals surface area contributed by atoms with Crippen molar-refractivity contribution in [2.45, 2.75) is 19.4 Å². The third kappa shape index (κ3) is 5.19. The molecule has 13 heteroatoms. The topological polar surface area (TPSA) is 109 Å². The van der Waals surface area contributed by atoms with E-state index in [4.69, 9.17) is 19.3 Å². The van der Waals surface area contributed by atoms with Gasteiger partial charge < -0.3 is 19.3 Å². The summed E-state index contributed by atoms with van der Waals surface area (Å²) in [5, 5.41) is 9.13. The van der Waals surface area contributed by atoms with Gasteiger partial charge in [0.25, 0.3) is 11.8 Å². The van der Waals surface area contributed by atoms with Crippen LogP contribution in [0.25, 0.3) is 5.69 Å².